The van der Waals surface area contributed by atoms with Gasteiger partial charge in [-0.05, 0) is 48.9 Å². The van der Waals surface area contributed by atoms with Gasteiger partial charge in [0, 0.05) is 29.5 Å². The summed E-state index contributed by atoms with van der Waals surface area (Å²) < 4.78 is 7.86. The Labute approximate surface area is 168 Å². The van der Waals surface area contributed by atoms with Gasteiger partial charge in [0.05, 0.1) is 29.9 Å². The van der Waals surface area contributed by atoms with Crippen molar-refractivity contribution in [2.75, 3.05) is 0 Å². The van der Waals surface area contributed by atoms with Crippen LogP contribution in [0, 0.1) is 6.92 Å². The number of rotatable bonds is 6. The minimum absolute atomic E-state index is 0.0226. The molecule has 1 aromatic carbocycles. The van der Waals surface area contributed by atoms with Crippen molar-refractivity contribution in [3.8, 4) is 16.9 Å². The maximum atomic E-state index is 11.6. The number of ether oxygens (including phenoxy) is 1. The Morgan fingerprint density at radius 2 is 2.00 bits per heavy atom. The highest BCUT2D eigenvalue weighted by molar-refractivity contribution is 5.94. The second kappa shape index (κ2) is 7.63. The number of primary amides is 1. The van der Waals surface area contributed by atoms with E-state index in [0.717, 1.165) is 22.0 Å². The SMILES string of the molecule is [CH2+]C(C)n1cc(-c2cc(OCc3ncccc3C(N)=O)c3cccnc3c2)cn1. The molecular weight excluding hydrogens is 366 g/mol. The molecule has 1 unspecified atom stereocenters. The summed E-state index contributed by atoms with van der Waals surface area (Å²) in [4.78, 5) is 20.3. The third-order valence-electron chi connectivity index (χ3n) is 4.59. The molecule has 7 nitrogen and oxygen atoms in total. The average Bonchev–Trinajstić information content (AvgIpc) is 3.22. The molecule has 4 rings (SSSR count). The van der Waals surface area contributed by atoms with E-state index in [1.54, 1.807) is 35.4 Å². The van der Waals surface area contributed by atoms with E-state index in [0.29, 0.717) is 17.0 Å². The van der Waals surface area contributed by atoms with Gasteiger partial charge in [-0.25, -0.2) is 4.68 Å². The normalized spacial score (nSPS) is 12.0. The molecule has 1 amide bonds. The maximum Gasteiger partial charge on any atom is 0.250 e. The number of hydrogen-bond donors (Lipinski definition) is 1. The molecule has 0 aliphatic rings. The van der Waals surface area contributed by atoms with E-state index >= 15 is 0 Å². The van der Waals surface area contributed by atoms with Gasteiger partial charge in [0.2, 0.25) is 0 Å². The monoisotopic (exact) mass is 386 g/mol. The highest BCUT2D eigenvalue weighted by Gasteiger charge is 2.14. The predicted molar refractivity (Wildman–Crippen MR) is 110 cm³/mol. The lowest BCUT2D eigenvalue weighted by molar-refractivity contribution is 0.0997. The second-order valence-corrected chi connectivity index (χ2v) is 6.75. The first kappa shape index (κ1) is 18.5. The van der Waals surface area contributed by atoms with Crippen LogP contribution in [0.4, 0.5) is 0 Å². The molecule has 1 atom stereocenters. The van der Waals surface area contributed by atoms with Crippen molar-refractivity contribution < 1.29 is 9.53 Å². The highest BCUT2D eigenvalue weighted by Crippen LogP contribution is 2.32. The molecule has 0 aliphatic carbocycles. The summed E-state index contributed by atoms with van der Waals surface area (Å²) in [5.74, 6) is 0.105. The molecule has 144 valence electrons. The van der Waals surface area contributed by atoms with Crippen LogP contribution in [-0.4, -0.2) is 25.7 Å². The van der Waals surface area contributed by atoms with E-state index in [9.17, 15) is 4.79 Å². The van der Waals surface area contributed by atoms with Crippen LogP contribution in [-0.2, 0) is 6.61 Å². The predicted octanol–water partition coefficient (Wildman–Crippen LogP) is 3.57. The van der Waals surface area contributed by atoms with E-state index in [1.807, 2.05) is 37.4 Å². The van der Waals surface area contributed by atoms with Gasteiger partial charge in [-0.1, -0.05) is 0 Å². The number of carbonyl (C=O) groups is 1. The Hall–Kier alpha value is -3.87. The van der Waals surface area contributed by atoms with Crippen molar-refractivity contribution in [3.05, 3.63) is 79.4 Å². The third-order valence-corrected chi connectivity index (χ3v) is 4.59. The smallest absolute Gasteiger partial charge is 0.250 e. The Kier molecular flexibility index (Phi) is 4.87. The lowest BCUT2D eigenvalue weighted by Crippen LogP contribution is -2.15. The lowest BCUT2D eigenvalue weighted by atomic mass is 10.1. The summed E-state index contributed by atoms with van der Waals surface area (Å²) in [7, 11) is 0. The van der Waals surface area contributed by atoms with E-state index in [2.05, 4.69) is 22.0 Å². The second-order valence-electron chi connectivity index (χ2n) is 6.75. The van der Waals surface area contributed by atoms with Crippen LogP contribution in [0.25, 0.3) is 22.0 Å². The van der Waals surface area contributed by atoms with Crippen LogP contribution >= 0.6 is 0 Å². The number of fused-ring (bicyclic) bond motifs is 1. The van der Waals surface area contributed by atoms with Crippen LogP contribution in [0.3, 0.4) is 0 Å². The Morgan fingerprint density at radius 1 is 1.21 bits per heavy atom. The van der Waals surface area contributed by atoms with Gasteiger partial charge in [0.25, 0.3) is 5.91 Å². The van der Waals surface area contributed by atoms with E-state index < -0.39 is 5.91 Å². The molecule has 3 aromatic heterocycles. The van der Waals surface area contributed by atoms with Crippen molar-refractivity contribution in [3.63, 3.8) is 0 Å². The standard InChI is InChI=1S/C22H19N5O2/c1-14(2)27-12-16(11-26-27)15-9-19-17(5-3-7-24-19)21(10-15)29-13-20-18(22(23)28)6-4-8-25-20/h3-12,14H,1,13H2,2H3,(H-,23,28)/p+1. The van der Waals surface area contributed by atoms with Crippen molar-refractivity contribution in [2.45, 2.75) is 19.6 Å². The van der Waals surface area contributed by atoms with Gasteiger partial charge in [0.15, 0.2) is 6.04 Å². The number of aromatic nitrogens is 4. The van der Waals surface area contributed by atoms with Gasteiger partial charge in [-0.2, -0.15) is 5.10 Å². The van der Waals surface area contributed by atoms with Gasteiger partial charge in [-0.3, -0.25) is 14.8 Å². The first-order chi connectivity index (χ1) is 14.0. The molecule has 0 aliphatic heterocycles. The summed E-state index contributed by atoms with van der Waals surface area (Å²) in [6.07, 6.45) is 7.08. The molecular formula is C22H20N5O2+. The van der Waals surface area contributed by atoms with Crippen molar-refractivity contribution in [1.82, 2.24) is 19.7 Å². The summed E-state index contributed by atoms with van der Waals surface area (Å²) in [6.45, 7) is 6.07. The number of carbonyl (C=O) groups excluding carboxylic acids is 1. The first-order valence-electron chi connectivity index (χ1n) is 9.16. The van der Waals surface area contributed by atoms with Crippen LogP contribution < -0.4 is 10.5 Å². The topological polar surface area (TPSA) is 95.9 Å². The van der Waals surface area contributed by atoms with E-state index in [1.165, 1.54) is 0 Å². The summed E-state index contributed by atoms with van der Waals surface area (Å²) in [5.41, 5.74) is 8.93. The fourth-order valence-electron chi connectivity index (χ4n) is 3.09. The Balaban J connectivity index is 1.72. The minimum Gasteiger partial charge on any atom is -0.487 e. The van der Waals surface area contributed by atoms with Crippen molar-refractivity contribution in [1.29, 1.82) is 0 Å². The summed E-state index contributed by atoms with van der Waals surface area (Å²) in [5, 5.41) is 5.22. The van der Waals surface area contributed by atoms with Crippen LogP contribution in [0.15, 0.2) is 61.2 Å². The molecule has 0 radical (unpaired) electrons. The fraction of sp³-hybridized carbons (Fsp3) is 0.136. The highest BCUT2D eigenvalue weighted by atomic mass is 16.5. The largest absolute Gasteiger partial charge is 0.487 e. The Bertz CT molecular complexity index is 1180. The number of benzene rings is 1. The fourth-order valence-corrected chi connectivity index (χ4v) is 3.09. The molecule has 0 bridgehead atoms. The zero-order valence-electron chi connectivity index (χ0n) is 15.9. The third kappa shape index (κ3) is 3.75. The molecule has 3 heterocycles. The maximum absolute atomic E-state index is 11.6. The number of nitrogens with two attached hydrogens (primary N) is 1. The molecule has 0 saturated heterocycles. The van der Waals surface area contributed by atoms with E-state index in [-0.39, 0.29) is 12.6 Å². The average molecular weight is 386 g/mol. The van der Waals surface area contributed by atoms with Gasteiger partial charge in [-0.15, -0.1) is 0 Å². The summed E-state index contributed by atoms with van der Waals surface area (Å²) in [6, 6.07) is 11.1. The molecule has 0 saturated carbocycles. The zero-order chi connectivity index (χ0) is 20.4. The number of hydrogen-bond acceptors (Lipinski definition) is 5. The number of amides is 1. The van der Waals surface area contributed by atoms with Crippen LogP contribution in [0.5, 0.6) is 5.75 Å². The molecule has 4 aromatic rings. The number of nitrogens with zero attached hydrogens (tertiary/aromatic N) is 4. The Morgan fingerprint density at radius 3 is 2.76 bits per heavy atom. The zero-order valence-corrected chi connectivity index (χ0v) is 15.9. The van der Waals surface area contributed by atoms with E-state index in [4.69, 9.17) is 10.5 Å². The van der Waals surface area contributed by atoms with Crippen molar-refractivity contribution in [2.24, 2.45) is 5.73 Å². The lowest BCUT2D eigenvalue weighted by Gasteiger charge is -2.12. The number of pyridine rings is 2. The minimum atomic E-state index is -0.535. The molecule has 29 heavy (non-hydrogen) atoms. The van der Waals surface area contributed by atoms with Crippen LogP contribution in [0.1, 0.15) is 29.0 Å². The molecule has 2 N–H and O–H groups in total. The van der Waals surface area contributed by atoms with Gasteiger partial charge in [0.1, 0.15) is 12.4 Å². The van der Waals surface area contributed by atoms with Gasteiger partial charge >= 0.3 is 0 Å². The molecule has 0 fully saturated rings. The van der Waals surface area contributed by atoms with Gasteiger partial charge < -0.3 is 10.5 Å². The quantitative estimate of drug-likeness (QED) is 0.511. The first-order valence-corrected chi connectivity index (χ1v) is 9.16. The summed E-state index contributed by atoms with van der Waals surface area (Å²) >= 11 is 0. The molecule has 0 spiro atoms. The molecule has 7 heteroatoms. The van der Waals surface area contributed by atoms with Crippen LogP contribution in [0.2, 0.25) is 0 Å². The van der Waals surface area contributed by atoms with Crippen molar-refractivity contribution >= 4 is 16.8 Å².